The van der Waals surface area contributed by atoms with E-state index in [1.54, 1.807) is 6.07 Å². The number of nitrogens with two attached hydrogens (primary N) is 1. The summed E-state index contributed by atoms with van der Waals surface area (Å²) in [4.78, 5) is 11.9. The summed E-state index contributed by atoms with van der Waals surface area (Å²) in [6.07, 6.45) is 0. The molecule has 0 unspecified atom stereocenters. The molecular formula is C13H10ClFN2O. The second-order valence-corrected chi connectivity index (χ2v) is 4.13. The van der Waals surface area contributed by atoms with Gasteiger partial charge in [0.1, 0.15) is 5.82 Å². The van der Waals surface area contributed by atoms with Gasteiger partial charge in [-0.05, 0) is 42.5 Å². The Hall–Kier alpha value is -2.07. The summed E-state index contributed by atoms with van der Waals surface area (Å²) in [5.74, 6) is -0.727. The average Bonchev–Trinajstić information content (AvgIpc) is 2.32. The second-order valence-electron chi connectivity index (χ2n) is 3.69. The van der Waals surface area contributed by atoms with Gasteiger partial charge in [-0.3, -0.25) is 4.79 Å². The molecule has 0 spiro atoms. The number of hydrogen-bond acceptors (Lipinski definition) is 2. The number of rotatable bonds is 2. The number of anilines is 2. The zero-order valence-corrected chi connectivity index (χ0v) is 10.0. The number of benzene rings is 2. The lowest BCUT2D eigenvalue weighted by Gasteiger charge is -2.07. The van der Waals surface area contributed by atoms with Crippen molar-refractivity contribution in [1.29, 1.82) is 0 Å². The monoisotopic (exact) mass is 264 g/mol. The molecule has 3 N–H and O–H groups in total. The van der Waals surface area contributed by atoms with Gasteiger partial charge in [-0.1, -0.05) is 11.6 Å². The van der Waals surface area contributed by atoms with Crippen LogP contribution in [0.15, 0.2) is 42.5 Å². The van der Waals surface area contributed by atoms with Crippen molar-refractivity contribution >= 4 is 28.9 Å². The van der Waals surface area contributed by atoms with Crippen molar-refractivity contribution in [2.45, 2.75) is 0 Å². The largest absolute Gasteiger partial charge is 0.398 e. The Bertz CT molecular complexity index is 584. The first kappa shape index (κ1) is 12.4. The molecule has 2 aromatic rings. The molecule has 0 saturated heterocycles. The van der Waals surface area contributed by atoms with Crippen molar-refractivity contribution < 1.29 is 9.18 Å². The zero-order valence-electron chi connectivity index (χ0n) is 9.28. The van der Waals surface area contributed by atoms with Crippen molar-refractivity contribution in [3.05, 3.63) is 58.9 Å². The molecule has 1 amide bonds. The molecule has 0 atom stereocenters. The van der Waals surface area contributed by atoms with E-state index >= 15 is 0 Å². The van der Waals surface area contributed by atoms with Gasteiger partial charge >= 0.3 is 0 Å². The van der Waals surface area contributed by atoms with E-state index in [0.717, 1.165) is 0 Å². The molecule has 3 nitrogen and oxygen atoms in total. The minimum absolute atomic E-state index is 0.294. The maximum atomic E-state index is 12.7. The number of halogens is 2. The number of carbonyl (C=O) groups excluding carboxylic acids is 1. The van der Waals surface area contributed by atoms with Crippen LogP contribution in [0.3, 0.4) is 0 Å². The van der Waals surface area contributed by atoms with Crippen LogP contribution in [0.4, 0.5) is 15.8 Å². The maximum absolute atomic E-state index is 12.7. The molecule has 0 aliphatic heterocycles. The lowest BCUT2D eigenvalue weighted by Crippen LogP contribution is -2.13. The molecule has 2 aromatic carbocycles. The highest BCUT2D eigenvalue weighted by Gasteiger charge is 2.10. The first-order chi connectivity index (χ1) is 8.56. The van der Waals surface area contributed by atoms with Crippen LogP contribution < -0.4 is 11.1 Å². The van der Waals surface area contributed by atoms with Crippen LogP contribution in [0.25, 0.3) is 0 Å². The highest BCUT2D eigenvalue weighted by atomic mass is 35.5. The van der Waals surface area contributed by atoms with E-state index in [2.05, 4.69) is 5.32 Å². The van der Waals surface area contributed by atoms with Crippen LogP contribution in [0.2, 0.25) is 5.02 Å². The molecule has 0 saturated carbocycles. The molecule has 2 rings (SSSR count). The topological polar surface area (TPSA) is 55.1 Å². The van der Waals surface area contributed by atoms with Crippen LogP contribution >= 0.6 is 11.6 Å². The minimum Gasteiger partial charge on any atom is -0.398 e. The summed E-state index contributed by atoms with van der Waals surface area (Å²) in [6, 6.07) is 10.1. The van der Waals surface area contributed by atoms with Gasteiger partial charge in [0.2, 0.25) is 0 Å². The van der Waals surface area contributed by atoms with Crippen LogP contribution in [0.5, 0.6) is 0 Å². The van der Waals surface area contributed by atoms with Gasteiger partial charge in [-0.15, -0.1) is 0 Å². The molecule has 0 heterocycles. The van der Waals surface area contributed by atoms with E-state index < -0.39 is 0 Å². The van der Waals surface area contributed by atoms with Gasteiger partial charge < -0.3 is 11.1 Å². The third kappa shape index (κ3) is 2.78. The summed E-state index contributed by atoms with van der Waals surface area (Å²) >= 11 is 5.75. The second kappa shape index (κ2) is 5.06. The van der Waals surface area contributed by atoms with E-state index in [1.165, 1.54) is 36.4 Å². The van der Waals surface area contributed by atoms with E-state index in [4.69, 9.17) is 17.3 Å². The van der Waals surface area contributed by atoms with E-state index in [-0.39, 0.29) is 11.7 Å². The first-order valence-corrected chi connectivity index (χ1v) is 5.56. The Kier molecular flexibility index (Phi) is 3.48. The highest BCUT2D eigenvalue weighted by Crippen LogP contribution is 2.19. The van der Waals surface area contributed by atoms with Crippen molar-refractivity contribution in [3.63, 3.8) is 0 Å². The molecule has 0 aromatic heterocycles. The smallest absolute Gasteiger partial charge is 0.257 e. The minimum atomic E-state index is -0.365. The zero-order chi connectivity index (χ0) is 13.1. The van der Waals surface area contributed by atoms with Crippen LogP contribution in [0.1, 0.15) is 10.4 Å². The summed E-state index contributed by atoms with van der Waals surface area (Å²) in [5, 5.41) is 3.08. The van der Waals surface area contributed by atoms with Crippen LogP contribution in [0, 0.1) is 5.82 Å². The van der Waals surface area contributed by atoms with Crippen molar-refractivity contribution in [2.24, 2.45) is 0 Å². The molecule has 0 radical (unpaired) electrons. The third-order valence-electron chi connectivity index (χ3n) is 2.36. The summed E-state index contributed by atoms with van der Waals surface area (Å²) < 4.78 is 12.7. The van der Waals surface area contributed by atoms with E-state index in [9.17, 15) is 9.18 Å². The number of carbonyl (C=O) groups is 1. The fraction of sp³-hybridized carbons (Fsp3) is 0. The van der Waals surface area contributed by atoms with Crippen molar-refractivity contribution in [2.75, 3.05) is 11.1 Å². The molecule has 0 aliphatic carbocycles. The van der Waals surface area contributed by atoms with Gasteiger partial charge in [0, 0.05) is 16.4 Å². The molecule has 0 fully saturated rings. The quantitative estimate of drug-likeness (QED) is 0.818. The highest BCUT2D eigenvalue weighted by molar-refractivity contribution is 6.31. The van der Waals surface area contributed by atoms with Gasteiger partial charge in [0.05, 0.1) is 5.56 Å². The van der Waals surface area contributed by atoms with Gasteiger partial charge in [0.25, 0.3) is 5.91 Å². The number of nitrogens with one attached hydrogen (secondary N) is 1. The predicted molar refractivity (Wildman–Crippen MR) is 70.2 cm³/mol. The Balaban J connectivity index is 2.19. The number of nitrogen functional groups attached to an aromatic ring is 1. The normalized spacial score (nSPS) is 10.1. The molecule has 18 heavy (non-hydrogen) atoms. The van der Waals surface area contributed by atoms with Crippen LogP contribution in [-0.4, -0.2) is 5.91 Å². The van der Waals surface area contributed by atoms with Gasteiger partial charge in [-0.25, -0.2) is 4.39 Å². The number of amides is 1. The molecule has 0 aliphatic rings. The van der Waals surface area contributed by atoms with E-state index in [1.807, 2.05) is 0 Å². The molecule has 0 bridgehead atoms. The fourth-order valence-corrected chi connectivity index (χ4v) is 1.65. The molecule has 92 valence electrons. The average molecular weight is 265 g/mol. The predicted octanol–water partition coefficient (Wildman–Crippen LogP) is 3.31. The first-order valence-electron chi connectivity index (χ1n) is 5.18. The van der Waals surface area contributed by atoms with Crippen molar-refractivity contribution in [1.82, 2.24) is 0 Å². The Morgan fingerprint density at radius 3 is 2.44 bits per heavy atom. The Morgan fingerprint density at radius 2 is 1.83 bits per heavy atom. The third-order valence-corrected chi connectivity index (χ3v) is 2.60. The van der Waals surface area contributed by atoms with Gasteiger partial charge in [-0.2, -0.15) is 0 Å². The number of hydrogen-bond donors (Lipinski definition) is 2. The van der Waals surface area contributed by atoms with Gasteiger partial charge in [0.15, 0.2) is 0 Å². The Morgan fingerprint density at radius 1 is 1.17 bits per heavy atom. The summed E-state index contributed by atoms with van der Waals surface area (Å²) in [7, 11) is 0. The van der Waals surface area contributed by atoms with Crippen molar-refractivity contribution in [3.8, 4) is 0 Å². The fourth-order valence-electron chi connectivity index (χ4n) is 1.47. The maximum Gasteiger partial charge on any atom is 0.257 e. The lowest BCUT2D eigenvalue weighted by atomic mass is 10.1. The molecule has 5 heteroatoms. The van der Waals surface area contributed by atoms with Crippen LogP contribution in [-0.2, 0) is 0 Å². The summed E-state index contributed by atoms with van der Waals surface area (Å²) in [5.41, 5.74) is 6.81. The van der Waals surface area contributed by atoms with E-state index in [0.29, 0.717) is 22.0 Å². The SMILES string of the molecule is Nc1cc(Cl)ccc1C(=O)Nc1ccc(F)cc1. The summed E-state index contributed by atoms with van der Waals surface area (Å²) in [6.45, 7) is 0. The molecular weight excluding hydrogens is 255 g/mol. The Labute approximate surface area is 108 Å². The lowest BCUT2D eigenvalue weighted by molar-refractivity contribution is 0.102. The standard InChI is InChI=1S/C13H10ClFN2O/c14-8-1-6-11(12(16)7-8)13(18)17-10-4-2-9(15)3-5-10/h1-7H,16H2,(H,17,18).